The number of rotatable bonds is 4. The molecule has 0 aliphatic carbocycles. The molecule has 0 unspecified atom stereocenters. The molecular weight excluding hydrogens is 317 g/mol. The van der Waals surface area contributed by atoms with Crippen LogP contribution in [-0.2, 0) is 14.0 Å². The molecule has 1 amide bonds. The van der Waals surface area contributed by atoms with Crippen molar-refractivity contribution in [1.82, 2.24) is 14.4 Å². The van der Waals surface area contributed by atoms with Crippen LogP contribution < -0.4 is 5.09 Å². The predicted octanol–water partition coefficient (Wildman–Crippen LogP) is 1.19. The van der Waals surface area contributed by atoms with E-state index in [2.05, 4.69) is 5.09 Å². The van der Waals surface area contributed by atoms with Gasteiger partial charge in [-0.25, -0.2) is 9.34 Å². The third-order valence-electron chi connectivity index (χ3n) is 4.02. The van der Waals surface area contributed by atoms with Gasteiger partial charge in [0.1, 0.15) is 0 Å². The molecule has 0 saturated carbocycles. The molecule has 126 valence electrons. The summed E-state index contributed by atoms with van der Waals surface area (Å²) in [6, 6.07) is 8.88. The Hall–Kier alpha value is -1.24. The van der Waals surface area contributed by atoms with E-state index in [0.717, 1.165) is 0 Å². The van der Waals surface area contributed by atoms with Crippen LogP contribution in [0.1, 0.15) is 10.4 Å². The summed E-state index contributed by atoms with van der Waals surface area (Å²) >= 11 is 0. The Morgan fingerprint density at radius 2 is 1.39 bits per heavy atom. The van der Waals surface area contributed by atoms with Gasteiger partial charge in [-0.15, -0.1) is 0 Å². The summed E-state index contributed by atoms with van der Waals surface area (Å²) in [6.45, 7) is 4.27. The highest BCUT2D eigenvalue weighted by Crippen LogP contribution is 2.50. The Balaban J connectivity index is 1.82. The molecular formula is C15H22N3O4P. The minimum Gasteiger partial charge on any atom is -0.379 e. The molecule has 0 atom stereocenters. The molecule has 1 aromatic rings. The minimum atomic E-state index is -3.18. The SMILES string of the molecule is O=C(NP(=O)(N1CCOCC1)N1CCOCC1)c1ccccc1. The number of nitrogens with zero attached hydrogens (tertiary/aromatic N) is 2. The molecule has 2 saturated heterocycles. The van der Waals surface area contributed by atoms with Crippen molar-refractivity contribution in [3.05, 3.63) is 35.9 Å². The van der Waals surface area contributed by atoms with Gasteiger partial charge in [0.05, 0.1) is 26.4 Å². The lowest BCUT2D eigenvalue weighted by Gasteiger charge is -2.41. The molecule has 2 fully saturated rings. The molecule has 23 heavy (non-hydrogen) atoms. The smallest absolute Gasteiger partial charge is 0.311 e. The molecule has 3 rings (SSSR count). The number of amides is 1. The lowest BCUT2D eigenvalue weighted by Crippen LogP contribution is -2.48. The molecule has 0 bridgehead atoms. The van der Waals surface area contributed by atoms with Crippen molar-refractivity contribution in [2.75, 3.05) is 52.6 Å². The quantitative estimate of drug-likeness (QED) is 0.831. The van der Waals surface area contributed by atoms with Crippen LogP contribution in [0.3, 0.4) is 0 Å². The zero-order valence-electron chi connectivity index (χ0n) is 13.0. The van der Waals surface area contributed by atoms with Gasteiger partial charge in [0.2, 0.25) is 0 Å². The first-order chi connectivity index (χ1) is 11.2. The second-order valence-electron chi connectivity index (χ2n) is 5.48. The number of nitrogens with one attached hydrogen (secondary N) is 1. The maximum Gasteiger partial charge on any atom is 0.311 e. The summed E-state index contributed by atoms with van der Waals surface area (Å²) in [7, 11) is -3.18. The molecule has 8 heteroatoms. The standard InChI is InChI=1S/C15H22N3O4P/c19-15(14-4-2-1-3-5-14)16-23(20,17-6-10-21-11-7-17)18-8-12-22-13-9-18/h1-5H,6-13H2,(H,16,19,20). The number of carbonyl (C=O) groups excluding carboxylic acids is 1. The fraction of sp³-hybridized carbons (Fsp3) is 0.533. The predicted molar refractivity (Wildman–Crippen MR) is 86.3 cm³/mol. The van der Waals surface area contributed by atoms with Crippen molar-refractivity contribution >= 4 is 13.5 Å². The average molecular weight is 339 g/mol. The van der Waals surface area contributed by atoms with E-state index in [-0.39, 0.29) is 5.91 Å². The molecule has 7 nitrogen and oxygen atoms in total. The third-order valence-corrected chi connectivity index (χ3v) is 6.85. The molecule has 1 N–H and O–H groups in total. The van der Waals surface area contributed by atoms with Crippen LogP contribution in [0.5, 0.6) is 0 Å². The Kier molecular flexibility index (Phi) is 5.46. The summed E-state index contributed by atoms with van der Waals surface area (Å²) in [5, 5.41) is 2.81. The Labute approximate surface area is 136 Å². The molecule has 2 aliphatic rings. The van der Waals surface area contributed by atoms with Crippen molar-refractivity contribution in [2.45, 2.75) is 0 Å². The van der Waals surface area contributed by atoms with E-state index in [1.165, 1.54) is 0 Å². The molecule has 2 heterocycles. The summed E-state index contributed by atoms with van der Waals surface area (Å²) < 4.78 is 28.1. The average Bonchev–Trinajstić information content (AvgIpc) is 2.64. The summed E-state index contributed by atoms with van der Waals surface area (Å²) in [5.41, 5.74) is 0.509. The topological polar surface area (TPSA) is 71.1 Å². The van der Waals surface area contributed by atoms with Crippen molar-refractivity contribution in [2.24, 2.45) is 0 Å². The van der Waals surface area contributed by atoms with E-state index in [0.29, 0.717) is 58.2 Å². The van der Waals surface area contributed by atoms with E-state index in [1.54, 1.807) is 24.3 Å². The van der Waals surface area contributed by atoms with E-state index in [9.17, 15) is 9.36 Å². The van der Waals surface area contributed by atoms with Crippen LogP contribution in [0.4, 0.5) is 0 Å². The fourth-order valence-corrected chi connectivity index (χ4v) is 5.20. The van der Waals surface area contributed by atoms with E-state index >= 15 is 0 Å². The van der Waals surface area contributed by atoms with Crippen molar-refractivity contribution < 1.29 is 18.8 Å². The molecule has 0 spiro atoms. The van der Waals surface area contributed by atoms with Crippen LogP contribution >= 0.6 is 7.59 Å². The van der Waals surface area contributed by atoms with Crippen LogP contribution in [-0.4, -0.2) is 67.9 Å². The van der Waals surface area contributed by atoms with Gasteiger partial charge < -0.3 is 9.47 Å². The van der Waals surface area contributed by atoms with Gasteiger partial charge in [-0.1, -0.05) is 18.2 Å². The highest BCUT2D eigenvalue weighted by atomic mass is 31.2. The molecule has 0 aromatic heterocycles. The van der Waals surface area contributed by atoms with Gasteiger partial charge in [0, 0.05) is 31.7 Å². The van der Waals surface area contributed by atoms with Crippen LogP contribution in [0.15, 0.2) is 30.3 Å². The highest BCUT2D eigenvalue weighted by molar-refractivity contribution is 7.57. The zero-order chi connectivity index (χ0) is 16.1. The number of morpholine rings is 2. The van der Waals surface area contributed by atoms with Crippen LogP contribution in [0.2, 0.25) is 0 Å². The number of hydrogen-bond acceptors (Lipinski definition) is 4. The largest absolute Gasteiger partial charge is 0.379 e. The number of hydrogen-bond donors (Lipinski definition) is 1. The molecule has 2 aliphatic heterocycles. The van der Waals surface area contributed by atoms with Gasteiger partial charge >= 0.3 is 7.59 Å². The Morgan fingerprint density at radius 1 is 0.913 bits per heavy atom. The van der Waals surface area contributed by atoms with Crippen molar-refractivity contribution in [3.63, 3.8) is 0 Å². The van der Waals surface area contributed by atoms with E-state index in [1.807, 2.05) is 15.4 Å². The minimum absolute atomic E-state index is 0.313. The Morgan fingerprint density at radius 3 is 1.87 bits per heavy atom. The first-order valence-electron chi connectivity index (χ1n) is 7.84. The van der Waals surface area contributed by atoms with Gasteiger partial charge in [-0.05, 0) is 12.1 Å². The number of ether oxygens (including phenoxy) is 2. The van der Waals surface area contributed by atoms with Gasteiger partial charge in [0.15, 0.2) is 0 Å². The van der Waals surface area contributed by atoms with E-state index in [4.69, 9.17) is 9.47 Å². The second kappa shape index (κ2) is 7.55. The third kappa shape index (κ3) is 3.82. The van der Waals surface area contributed by atoms with Crippen molar-refractivity contribution in [3.8, 4) is 0 Å². The fourth-order valence-electron chi connectivity index (χ4n) is 2.76. The number of carbonyl (C=O) groups is 1. The van der Waals surface area contributed by atoms with Gasteiger partial charge in [-0.3, -0.25) is 14.4 Å². The Bertz CT molecular complexity index is 549. The van der Waals surface area contributed by atoms with Crippen LogP contribution in [0, 0.1) is 0 Å². The lowest BCUT2D eigenvalue weighted by molar-refractivity contribution is 0.0505. The summed E-state index contributed by atoms with van der Waals surface area (Å²) in [6.07, 6.45) is 0. The normalized spacial score (nSPS) is 21.0. The number of benzene rings is 1. The molecule has 1 aromatic carbocycles. The van der Waals surface area contributed by atoms with Gasteiger partial charge in [-0.2, -0.15) is 0 Å². The van der Waals surface area contributed by atoms with E-state index < -0.39 is 7.59 Å². The maximum atomic E-state index is 13.7. The first-order valence-corrected chi connectivity index (χ1v) is 9.45. The monoisotopic (exact) mass is 339 g/mol. The first kappa shape index (κ1) is 16.6. The highest BCUT2D eigenvalue weighted by Gasteiger charge is 2.40. The summed E-state index contributed by atoms with van der Waals surface area (Å²) in [4.78, 5) is 12.5. The van der Waals surface area contributed by atoms with Crippen LogP contribution in [0.25, 0.3) is 0 Å². The maximum absolute atomic E-state index is 13.7. The lowest BCUT2D eigenvalue weighted by atomic mass is 10.2. The van der Waals surface area contributed by atoms with Gasteiger partial charge in [0.25, 0.3) is 5.91 Å². The van der Waals surface area contributed by atoms with Crippen molar-refractivity contribution in [1.29, 1.82) is 0 Å². The molecule has 0 radical (unpaired) electrons. The summed E-state index contributed by atoms with van der Waals surface area (Å²) in [5.74, 6) is -0.313. The second-order valence-corrected chi connectivity index (χ2v) is 7.93. The zero-order valence-corrected chi connectivity index (χ0v) is 13.9.